The molecule has 1 heterocycles. The maximum Gasteiger partial charge on any atom is 0.278 e. The molecule has 7 heteroatoms. The Balaban J connectivity index is 2.30. The zero-order valence-corrected chi connectivity index (χ0v) is 12.6. The summed E-state index contributed by atoms with van der Waals surface area (Å²) in [4.78, 5) is 12.0. The number of benzene rings is 1. The Kier molecular flexibility index (Phi) is 3.72. The molecule has 18 heavy (non-hydrogen) atoms. The highest BCUT2D eigenvalue weighted by Gasteiger charge is 2.16. The maximum absolute atomic E-state index is 12.0. The number of carbonyl (C=O) groups is 1. The van der Waals surface area contributed by atoms with Gasteiger partial charge in [-0.05, 0) is 44.0 Å². The van der Waals surface area contributed by atoms with Gasteiger partial charge >= 0.3 is 0 Å². The Bertz CT molecular complexity index is 589. The van der Waals surface area contributed by atoms with Crippen molar-refractivity contribution in [1.29, 1.82) is 0 Å². The van der Waals surface area contributed by atoms with Crippen LogP contribution in [-0.2, 0) is 7.05 Å². The van der Waals surface area contributed by atoms with E-state index < -0.39 is 0 Å². The van der Waals surface area contributed by atoms with E-state index in [-0.39, 0.29) is 11.6 Å². The first kappa shape index (κ1) is 13.1. The number of nitrogens with two attached hydrogens (primary N) is 1. The quantitative estimate of drug-likeness (QED) is 0.849. The van der Waals surface area contributed by atoms with Gasteiger partial charge in [-0.3, -0.25) is 9.48 Å². The number of carbonyl (C=O) groups excluding carboxylic acids is 1. The number of nitrogens with one attached hydrogen (secondary N) is 1. The molecule has 0 saturated carbocycles. The number of para-hydroxylation sites is 1. The number of anilines is 2. The fourth-order valence-corrected chi connectivity index (χ4v) is 2.67. The van der Waals surface area contributed by atoms with Gasteiger partial charge < -0.3 is 11.1 Å². The highest BCUT2D eigenvalue weighted by molar-refractivity contribution is 9.11. The first-order valence-electron chi connectivity index (χ1n) is 5.03. The van der Waals surface area contributed by atoms with Crippen LogP contribution in [0.1, 0.15) is 10.5 Å². The molecule has 5 nitrogen and oxygen atoms in total. The minimum Gasteiger partial charge on any atom is -0.396 e. The van der Waals surface area contributed by atoms with Crippen molar-refractivity contribution in [3.8, 4) is 0 Å². The van der Waals surface area contributed by atoms with Crippen LogP contribution in [0.5, 0.6) is 0 Å². The van der Waals surface area contributed by atoms with Crippen LogP contribution in [0.15, 0.2) is 33.3 Å². The van der Waals surface area contributed by atoms with Crippen LogP contribution >= 0.6 is 31.9 Å². The third-order valence-electron chi connectivity index (χ3n) is 2.27. The lowest BCUT2D eigenvalue weighted by molar-refractivity contribution is 0.102. The molecule has 0 atom stereocenters. The van der Waals surface area contributed by atoms with E-state index in [4.69, 9.17) is 5.73 Å². The summed E-state index contributed by atoms with van der Waals surface area (Å²) in [7, 11) is 1.71. The van der Waals surface area contributed by atoms with E-state index >= 15 is 0 Å². The zero-order valence-electron chi connectivity index (χ0n) is 9.45. The lowest BCUT2D eigenvalue weighted by Crippen LogP contribution is -2.15. The number of rotatable bonds is 2. The Morgan fingerprint density at radius 1 is 1.39 bits per heavy atom. The number of aromatic nitrogens is 2. The monoisotopic (exact) mass is 372 g/mol. The van der Waals surface area contributed by atoms with E-state index in [9.17, 15) is 4.79 Å². The van der Waals surface area contributed by atoms with Gasteiger partial charge in [-0.2, -0.15) is 5.10 Å². The summed E-state index contributed by atoms with van der Waals surface area (Å²) < 4.78 is 3.05. The van der Waals surface area contributed by atoms with Gasteiger partial charge in [-0.1, -0.05) is 6.07 Å². The molecule has 0 fully saturated rings. The molecule has 0 radical (unpaired) electrons. The van der Waals surface area contributed by atoms with Gasteiger partial charge in [0.1, 0.15) is 0 Å². The molecule has 0 spiro atoms. The van der Waals surface area contributed by atoms with E-state index in [0.717, 1.165) is 8.95 Å². The molecule has 1 aromatic heterocycles. The van der Waals surface area contributed by atoms with E-state index in [1.54, 1.807) is 13.2 Å². The summed E-state index contributed by atoms with van der Waals surface area (Å²) >= 11 is 6.74. The van der Waals surface area contributed by atoms with E-state index in [1.807, 2.05) is 18.2 Å². The zero-order chi connectivity index (χ0) is 13.3. The lowest BCUT2D eigenvalue weighted by Gasteiger charge is -2.08. The Morgan fingerprint density at radius 3 is 2.50 bits per heavy atom. The number of nitrogen functional groups attached to an aromatic ring is 1. The summed E-state index contributed by atoms with van der Waals surface area (Å²) in [6.07, 6.45) is 1.59. The summed E-state index contributed by atoms with van der Waals surface area (Å²) in [6.45, 7) is 0. The average molecular weight is 374 g/mol. The van der Waals surface area contributed by atoms with Crippen LogP contribution < -0.4 is 11.1 Å². The summed E-state index contributed by atoms with van der Waals surface area (Å²) in [5, 5.41) is 6.78. The third-order valence-corrected chi connectivity index (χ3v) is 3.60. The summed E-state index contributed by atoms with van der Waals surface area (Å²) in [5.41, 5.74) is 6.90. The second-order valence-corrected chi connectivity index (χ2v) is 5.37. The normalized spacial score (nSPS) is 10.4. The Hall–Kier alpha value is -1.34. The molecule has 0 unspecified atom stereocenters. The van der Waals surface area contributed by atoms with Gasteiger partial charge in [-0.15, -0.1) is 0 Å². The van der Waals surface area contributed by atoms with Crippen molar-refractivity contribution in [3.05, 3.63) is 39.0 Å². The van der Waals surface area contributed by atoms with E-state index in [0.29, 0.717) is 11.4 Å². The van der Waals surface area contributed by atoms with Crippen LogP contribution in [-0.4, -0.2) is 15.7 Å². The Labute approximate surface area is 121 Å². The van der Waals surface area contributed by atoms with Crippen molar-refractivity contribution in [1.82, 2.24) is 9.78 Å². The number of nitrogens with zero attached hydrogens (tertiary/aromatic N) is 2. The van der Waals surface area contributed by atoms with Gasteiger partial charge in [0.25, 0.3) is 5.91 Å². The molecule has 0 aliphatic heterocycles. The van der Waals surface area contributed by atoms with E-state index in [1.165, 1.54) is 4.68 Å². The molecule has 1 aromatic carbocycles. The molecule has 1 amide bonds. The number of amides is 1. The van der Waals surface area contributed by atoms with Crippen molar-refractivity contribution >= 4 is 49.1 Å². The number of halogens is 2. The topological polar surface area (TPSA) is 72.9 Å². The second kappa shape index (κ2) is 5.11. The number of aryl methyl sites for hydroxylation is 1. The fraction of sp³-hybridized carbons (Fsp3) is 0.0909. The first-order valence-corrected chi connectivity index (χ1v) is 6.62. The van der Waals surface area contributed by atoms with Crippen LogP contribution in [0, 0.1) is 0 Å². The fourth-order valence-electron chi connectivity index (χ4n) is 1.47. The molecule has 94 valence electrons. The van der Waals surface area contributed by atoms with Crippen molar-refractivity contribution < 1.29 is 4.79 Å². The van der Waals surface area contributed by atoms with Crippen LogP contribution in [0.25, 0.3) is 0 Å². The molecule has 0 saturated heterocycles. The highest BCUT2D eigenvalue weighted by Crippen LogP contribution is 2.31. The molecule has 0 bridgehead atoms. The lowest BCUT2D eigenvalue weighted by atomic mass is 10.3. The SMILES string of the molecule is Cn1cc(N)c(C(=O)Nc2c(Br)cccc2Br)n1. The van der Waals surface area contributed by atoms with E-state index in [2.05, 4.69) is 42.3 Å². The number of hydrogen-bond donors (Lipinski definition) is 2. The highest BCUT2D eigenvalue weighted by atomic mass is 79.9. The second-order valence-electron chi connectivity index (χ2n) is 3.66. The van der Waals surface area contributed by atoms with Crippen LogP contribution in [0.3, 0.4) is 0 Å². The molecule has 3 N–H and O–H groups in total. The average Bonchev–Trinajstić information content (AvgIpc) is 2.63. The first-order chi connectivity index (χ1) is 8.49. The molecular formula is C11H10Br2N4O. The molecule has 0 aliphatic rings. The predicted molar refractivity (Wildman–Crippen MR) is 77.4 cm³/mol. The van der Waals surface area contributed by atoms with Gasteiger partial charge in [0.2, 0.25) is 0 Å². The molecule has 2 aromatic rings. The van der Waals surface area contributed by atoms with Crippen molar-refractivity contribution in [2.45, 2.75) is 0 Å². The molecular weight excluding hydrogens is 364 g/mol. The van der Waals surface area contributed by atoms with Crippen molar-refractivity contribution in [3.63, 3.8) is 0 Å². The smallest absolute Gasteiger partial charge is 0.278 e. The van der Waals surface area contributed by atoms with Gasteiger partial charge in [0.15, 0.2) is 5.69 Å². The van der Waals surface area contributed by atoms with Gasteiger partial charge in [-0.25, -0.2) is 0 Å². The van der Waals surface area contributed by atoms with Crippen molar-refractivity contribution in [2.75, 3.05) is 11.1 Å². The third kappa shape index (κ3) is 2.56. The molecule has 0 aliphatic carbocycles. The van der Waals surface area contributed by atoms with Crippen LogP contribution in [0.4, 0.5) is 11.4 Å². The van der Waals surface area contributed by atoms with Gasteiger partial charge in [0.05, 0.1) is 11.4 Å². The van der Waals surface area contributed by atoms with Crippen LogP contribution in [0.2, 0.25) is 0 Å². The van der Waals surface area contributed by atoms with Crippen molar-refractivity contribution in [2.24, 2.45) is 7.05 Å². The van der Waals surface area contributed by atoms with Gasteiger partial charge in [0, 0.05) is 22.2 Å². The number of hydrogen-bond acceptors (Lipinski definition) is 3. The largest absolute Gasteiger partial charge is 0.396 e. The molecule has 2 rings (SSSR count). The standard InChI is InChI=1S/C11H10Br2N4O/c1-17-5-8(14)10(16-17)11(18)15-9-6(12)3-2-4-7(9)13/h2-5H,14H2,1H3,(H,15,18). The Morgan fingerprint density at radius 2 is 2.00 bits per heavy atom. The summed E-state index contributed by atoms with van der Waals surface area (Å²) in [5.74, 6) is -0.347. The minimum absolute atomic E-state index is 0.208. The minimum atomic E-state index is -0.347. The summed E-state index contributed by atoms with van der Waals surface area (Å²) in [6, 6.07) is 5.53. The predicted octanol–water partition coefficient (Wildman–Crippen LogP) is 2.78. The maximum atomic E-state index is 12.0.